The van der Waals surface area contributed by atoms with Gasteiger partial charge in [0, 0.05) is 18.7 Å². The predicted octanol–water partition coefficient (Wildman–Crippen LogP) is 0.0833. The summed E-state index contributed by atoms with van der Waals surface area (Å²) in [6.07, 6.45) is 0. The number of hydrogen-bond acceptors (Lipinski definition) is 5. The Morgan fingerprint density at radius 1 is 1.15 bits per heavy atom. The van der Waals surface area contributed by atoms with Crippen molar-refractivity contribution in [2.45, 2.75) is 13.8 Å². The Kier molecular flexibility index (Phi) is 8.76. The molecule has 0 aromatic heterocycles. The Balaban J connectivity index is 2.39. The fraction of sp³-hybridized carbons (Fsp3) is 0.412. The normalized spacial score (nSPS) is 9.96. The zero-order valence-electron chi connectivity index (χ0n) is 14.7. The number of carbonyl (C=O) groups is 4. The molecule has 0 radical (unpaired) electrons. The average molecular weight is 367 g/mol. The molecule has 142 valence electrons. The smallest absolute Gasteiger partial charge is 0.325 e. The summed E-state index contributed by atoms with van der Waals surface area (Å²) in [5.41, 5.74) is 0.0629. The molecule has 0 saturated carbocycles. The highest BCUT2D eigenvalue weighted by atomic mass is 19.1. The molecule has 3 amide bonds. The summed E-state index contributed by atoms with van der Waals surface area (Å²) in [4.78, 5) is 48.1. The molecule has 0 aliphatic carbocycles. The lowest BCUT2D eigenvalue weighted by molar-refractivity contribution is -0.151. The van der Waals surface area contributed by atoms with Crippen LogP contribution in [-0.2, 0) is 19.1 Å². The van der Waals surface area contributed by atoms with Crippen LogP contribution in [0, 0.1) is 5.82 Å². The minimum Gasteiger partial charge on any atom is -0.454 e. The Bertz CT molecular complexity index is 666. The third kappa shape index (κ3) is 7.29. The van der Waals surface area contributed by atoms with Crippen LogP contribution in [0.15, 0.2) is 24.3 Å². The molecular formula is C17H22FN3O5. The Morgan fingerprint density at radius 3 is 2.50 bits per heavy atom. The Morgan fingerprint density at radius 2 is 1.88 bits per heavy atom. The number of halogens is 1. The number of amides is 3. The van der Waals surface area contributed by atoms with Crippen molar-refractivity contribution >= 4 is 23.7 Å². The van der Waals surface area contributed by atoms with Gasteiger partial charge in [0.25, 0.3) is 11.8 Å². The van der Waals surface area contributed by atoms with Gasteiger partial charge in [-0.25, -0.2) is 4.39 Å². The second-order valence-electron chi connectivity index (χ2n) is 5.22. The molecule has 0 aliphatic heterocycles. The van der Waals surface area contributed by atoms with Crippen LogP contribution in [0.3, 0.4) is 0 Å². The number of esters is 1. The molecule has 9 heteroatoms. The van der Waals surface area contributed by atoms with Crippen molar-refractivity contribution in [1.29, 1.82) is 0 Å². The van der Waals surface area contributed by atoms with Crippen molar-refractivity contribution in [3.63, 3.8) is 0 Å². The Labute approximate surface area is 150 Å². The van der Waals surface area contributed by atoms with Crippen LogP contribution < -0.4 is 10.6 Å². The van der Waals surface area contributed by atoms with Crippen LogP contribution >= 0.6 is 0 Å². The second-order valence-corrected chi connectivity index (χ2v) is 5.22. The molecule has 26 heavy (non-hydrogen) atoms. The summed E-state index contributed by atoms with van der Waals surface area (Å²) in [7, 11) is 0. The van der Waals surface area contributed by atoms with Crippen LogP contribution in [0.4, 0.5) is 4.39 Å². The topological polar surface area (TPSA) is 105 Å². The lowest BCUT2D eigenvalue weighted by atomic mass is 10.2. The number of nitrogens with zero attached hydrogens (tertiary/aromatic N) is 1. The number of benzene rings is 1. The molecule has 0 saturated heterocycles. The number of nitrogens with one attached hydrogen (secondary N) is 2. The van der Waals surface area contributed by atoms with Crippen LogP contribution in [0.5, 0.6) is 0 Å². The van der Waals surface area contributed by atoms with Gasteiger partial charge in [-0.05, 0) is 32.0 Å². The van der Waals surface area contributed by atoms with Crippen molar-refractivity contribution < 1.29 is 28.3 Å². The number of ether oxygens (including phenoxy) is 1. The first-order chi connectivity index (χ1) is 12.4. The van der Waals surface area contributed by atoms with E-state index in [1.165, 1.54) is 23.1 Å². The number of rotatable bonds is 9. The van der Waals surface area contributed by atoms with Crippen molar-refractivity contribution in [3.8, 4) is 0 Å². The highest BCUT2D eigenvalue weighted by molar-refractivity contribution is 5.96. The van der Waals surface area contributed by atoms with E-state index in [1.807, 2.05) is 0 Å². The summed E-state index contributed by atoms with van der Waals surface area (Å²) >= 11 is 0. The van der Waals surface area contributed by atoms with Crippen LogP contribution in [-0.4, -0.2) is 61.4 Å². The molecule has 2 N–H and O–H groups in total. The van der Waals surface area contributed by atoms with Gasteiger partial charge in [0.05, 0.1) is 6.54 Å². The maximum absolute atomic E-state index is 13.0. The van der Waals surface area contributed by atoms with Gasteiger partial charge in [0.2, 0.25) is 5.91 Å². The van der Waals surface area contributed by atoms with Gasteiger partial charge in [-0.15, -0.1) is 0 Å². The van der Waals surface area contributed by atoms with Gasteiger partial charge in [-0.2, -0.15) is 0 Å². The number of likely N-dealkylation sites (N-methyl/N-ethyl adjacent to an activating group) is 2. The minimum atomic E-state index is -0.822. The lowest BCUT2D eigenvalue weighted by Crippen LogP contribution is -2.42. The predicted molar refractivity (Wildman–Crippen MR) is 90.6 cm³/mol. The fourth-order valence-corrected chi connectivity index (χ4v) is 1.97. The van der Waals surface area contributed by atoms with E-state index in [4.69, 9.17) is 4.74 Å². The van der Waals surface area contributed by atoms with Crippen molar-refractivity contribution in [1.82, 2.24) is 15.5 Å². The molecule has 8 nitrogen and oxygen atoms in total. The highest BCUT2D eigenvalue weighted by Gasteiger charge is 2.17. The van der Waals surface area contributed by atoms with Crippen molar-refractivity contribution in [2.24, 2.45) is 0 Å². The zero-order valence-corrected chi connectivity index (χ0v) is 14.7. The SMILES string of the molecule is CCNC(=O)CN(CC)C(=O)COC(=O)CNC(=O)c1cccc(F)c1. The third-order valence-electron chi connectivity index (χ3n) is 3.28. The molecule has 0 spiro atoms. The van der Waals surface area contributed by atoms with Crippen LogP contribution in [0.1, 0.15) is 24.2 Å². The Hall–Kier alpha value is -2.97. The third-order valence-corrected chi connectivity index (χ3v) is 3.28. The fourth-order valence-electron chi connectivity index (χ4n) is 1.97. The molecule has 1 rings (SSSR count). The highest BCUT2D eigenvalue weighted by Crippen LogP contribution is 2.02. The molecule has 0 aliphatic rings. The van der Waals surface area contributed by atoms with E-state index in [-0.39, 0.29) is 24.6 Å². The van der Waals surface area contributed by atoms with Crippen LogP contribution in [0.25, 0.3) is 0 Å². The standard InChI is InChI=1S/C17H22FN3O5/c1-3-19-14(22)10-21(4-2)15(23)11-26-16(24)9-20-17(25)12-6-5-7-13(18)8-12/h5-8H,3-4,9-11H2,1-2H3,(H,19,22)(H,20,25). The maximum atomic E-state index is 13.0. The molecular weight excluding hydrogens is 345 g/mol. The van der Waals surface area contributed by atoms with E-state index in [0.29, 0.717) is 6.54 Å². The van der Waals surface area contributed by atoms with Gasteiger partial charge >= 0.3 is 5.97 Å². The zero-order chi connectivity index (χ0) is 19.5. The summed E-state index contributed by atoms with van der Waals surface area (Å²) in [5.74, 6) is -2.87. The van der Waals surface area contributed by atoms with E-state index < -0.39 is 36.8 Å². The second kappa shape index (κ2) is 10.8. The van der Waals surface area contributed by atoms with Gasteiger partial charge in [0.15, 0.2) is 6.61 Å². The number of hydrogen-bond donors (Lipinski definition) is 2. The van der Waals surface area contributed by atoms with Gasteiger partial charge in [-0.3, -0.25) is 19.2 Å². The largest absolute Gasteiger partial charge is 0.454 e. The van der Waals surface area contributed by atoms with Crippen molar-refractivity contribution in [3.05, 3.63) is 35.6 Å². The average Bonchev–Trinajstić information content (AvgIpc) is 2.62. The molecule has 0 fully saturated rings. The van der Waals surface area contributed by atoms with Gasteiger partial charge in [-0.1, -0.05) is 6.07 Å². The van der Waals surface area contributed by atoms with Gasteiger partial charge < -0.3 is 20.3 Å². The maximum Gasteiger partial charge on any atom is 0.325 e. The molecule has 1 aromatic carbocycles. The van der Waals surface area contributed by atoms with E-state index >= 15 is 0 Å². The van der Waals surface area contributed by atoms with E-state index in [0.717, 1.165) is 6.07 Å². The van der Waals surface area contributed by atoms with Crippen LogP contribution in [0.2, 0.25) is 0 Å². The molecule has 0 heterocycles. The summed E-state index contributed by atoms with van der Waals surface area (Å²) in [6.45, 7) is 3.05. The van der Waals surface area contributed by atoms with E-state index in [9.17, 15) is 23.6 Å². The molecule has 0 atom stereocenters. The first kappa shape index (κ1) is 21.1. The lowest BCUT2D eigenvalue weighted by Gasteiger charge is -2.20. The van der Waals surface area contributed by atoms with Gasteiger partial charge in [0.1, 0.15) is 12.4 Å². The molecule has 1 aromatic rings. The summed E-state index contributed by atoms with van der Waals surface area (Å²) < 4.78 is 17.8. The molecule has 0 unspecified atom stereocenters. The van der Waals surface area contributed by atoms with Crippen molar-refractivity contribution in [2.75, 3.05) is 32.8 Å². The monoisotopic (exact) mass is 367 g/mol. The van der Waals surface area contributed by atoms with E-state index in [1.54, 1.807) is 13.8 Å². The van der Waals surface area contributed by atoms with E-state index in [2.05, 4.69) is 10.6 Å². The minimum absolute atomic E-state index is 0.0629. The summed E-state index contributed by atoms with van der Waals surface area (Å²) in [6, 6.07) is 4.99. The quantitative estimate of drug-likeness (QED) is 0.602. The first-order valence-electron chi connectivity index (χ1n) is 8.11. The first-order valence-corrected chi connectivity index (χ1v) is 8.11. The number of carbonyl (C=O) groups excluding carboxylic acids is 4. The molecule has 0 bridgehead atoms. The summed E-state index contributed by atoms with van der Waals surface area (Å²) in [5, 5.41) is 4.84.